The van der Waals surface area contributed by atoms with Crippen LogP contribution in [0.1, 0.15) is 50.4 Å². The molecule has 106 valence electrons. The van der Waals surface area contributed by atoms with Crippen molar-refractivity contribution in [3.8, 4) is 0 Å². The Kier molecular flexibility index (Phi) is 5.40. The minimum absolute atomic E-state index is 0.252. The van der Waals surface area contributed by atoms with Gasteiger partial charge in [-0.1, -0.05) is 19.4 Å². The first kappa shape index (κ1) is 14.5. The van der Waals surface area contributed by atoms with Crippen LogP contribution in [-0.2, 0) is 4.79 Å². The maximum atomic E-state index is 12.2. The molecule has 19 heavy (non-hydrogen) atoms. The number of likely N-dealkylation sites (N-methyl/N-ethyl adjacent to an activating group) is 1. The Bertz CT molecular complexity index is 387. The first-order valence-electron chi connectivity index (χ1n) is 7.32. The number of carbonyl (C=O) groups is 1. The Morgan fingerprint density at radius 1 is 1.53 bits per heavy atom. The zero-order valence-corrected chi connectivity index (χ0v) is 12.7. The van der Waals surface area contributed by atoms with Gasteiger partial charge in [0, 0.05) is 23.5 Å². The summed E-state index contributed by atoms with van der Waals surface area (Å²) < 4.78 is 0. The average Bonchev–Trinajstić information content (AvgIpc) is 3.08. The highest BCUT2D eigenvalue weighted by Crippen LogP contribution is 2.27. The van der Waals surface area contributed by atoms with Crippen LogP contribution < -0.4 is 5.32 Å². The van der Waals surface area contributed by atoms with Crippen LogP contribution >= 0.6 is 11.3 Å². The van der Waals surface area contributed by atoms with Crippen LogP contribution in [-0.4, -0.2) is 29.9 Å². The van der Waals surface area contributed by atoms with Crippen molar-refractivity contribution in [1.82, 2.24) is 10.2 Å². The van der Waals surface area contributed by atoms with E-state index in [1.165, 1.54) is 17.7 Å². The molecule has 3 nitrogen and oxygen atoms in total. The predicted molar refractivity (Wildman–Crippen MR) is 80.4 cm³/mol. The highest BCUT2D eigenvalue weighted by molar-refractivity contribution is 7.10. The number of hydrogen-bond donors (Lipinski definition) is 1. The number of amides is 1. The van der Waals surface area contributed by atoms with Gasteiger partial charge in [0.2, 0.25) is 5.91 Å². The van der Waals surface area contributed by atoms with Crippen molar-refractivity contribution in [2.45, 2.75) is 51.6 Å². The third-order valence-electron chi connectivity index (χ3n) is 3.61. The summed E-state index contributed by atoms with van der Waals surface area (Å²) in [7, 11) is 0. The highest BCUT2D eigenvalue weighted by Gasteiger charge is 2.31. The minimum atomic E-state index is 0.252. The Morgan fingerprint density at radius 3 is 2.84 bits per heavy atom. The van der Waals surface area contributed by atoms with Crippen LogP contribution in [0.15, 0.2) is 17.5 Å². The van der Waals surface area contributed by atoms with Gasteiger partial charge in [-0.05, 0) is 37.6 Å². The van der Waals surface area contributed by atoms with Crippen LogP contribution in [0.3, 0.4) is 0 Å². The van der Waals surface area contributed by atoms with Crippen LogP contribution in [0.4, 0.5) is 0 Å². The minimum Gasteiger partial charge on any atom is -0.339 e. The van der Waals surface area contributed by atoms with Crippen molar-refractivity contribution in [1.29, 1.82) is 0 Å². The molecular formula is C15H24N2OS. The Labute approximate surface area is 120 Å². The van der Waals surface area contributed by atoms with Gasteiger partial charge in [-0.3, -0.25) is 4.79 Å². The number of thiophene rings is 1. The number of carbonyl (C=O) groups excluding carboxylic acids is 1. The second kappa shape index (κ2) is 7.06. The zero-order chi connectivity index (χ0) is 13.7. The van der Waals surface area contributed by atoms with E-state index in [1.54, 1.807) is 11.3 Å². The first-order valence-corrected chi connectivity index (χ1v) is 8.20. The molecule has 1 aromatic rings. The third kappa shape index (κ3) is 4.05. The van der Waals surface area contributed by atoms with E-state index in [0.29, 0.717) is 18.6 Å². The van der Waals surface area contributed by atoms with E-state index in [4.69, 9.17) is 0 Å². The Balaban J connectivity index is 1.86. The normalized spacial score (nSPS) is 16.3. The summed E-state index contributed by atoms with van der Waals surface area (Å²) in [5.41, 5.74) is 0. The fraction of sp³-hybridized carbons (Fsp3) is 0.667. The standard InChI is InChI=1S/C15H24N2OS/c1-3-6-13(14-7-5-10-19-14)16-11-15(18)17(4-2)12-8-9-12/h5,7,10,12-13,16H,3-4,6,8-9,11H2,1-2H3. The van der Waals surface area contributed by atoms with Crippen molar-refractivity contribution in [2.75, 3.05) is 13.1 Å². The second-order valence-electron chi connectivity index (χ2n) is 5.15. The summed E-state index contributed by atoms with van der Waals surface area (Å²) in [4.78, 5) is 15.6. The molecule has 1 atom stereocenters. The van der Waals surface area contributed by atoms with Gasteiger partial charge in [0.05, 0.1) is 6.54 Å². The SMILES string of the molecule is CCCC(NCC(=O)N(CC)C1CC1)c1cccs1. The number of nitrogens with zero attached hydrogens (tertiary/aromatic N) is 1. The number of hydrogen-bond acceptors (Lipinski definition) is 3. The summed E-state index contributed by atoms with van der Waals surface area (Å²) in [6.45, 7) is 5.56. The molecule has 0 saturated heterocycles. The van der Waals surface area contributed by atoms with E-state index in [0.717, 1.165) is 19.4 Å². The molecule has 1 amide bonds. The molecule has 0 aliphatic heterocycles. The lowest BCUT2D eigenvalue weighted by atomic mass is 10.1. The summed E-state index contributed by atoms with van der Waals surface area (Å²) in [6, 6.07) is 5.08. The fourth-order valence-corrected chi connectivity index (χ4v) is 3.30. The van der Waals surface area contributed by atoms with Gasteiger partial charge in [0.15, 0.2) is 0 Å². The van der Waals surface area contributed by atoms with Gasteiger partial charge in [-0.15, -0.1) is 11.3 Å². The molecule has 1 N–H and O–H groups in total. The first-order chi connectivity index (χ1) is 9.26. The van der Waals surface area contributed by atoms with E-state index in [9.17, 15) is 4.79 Å². The van der Waals surface area contributed by atoms with Gasteiger partial charge in [0.1, 0.15) is 0 Å². The maximum absolute atomic E-state index is 12.2. The summed E-state index contributed by atoms with van der Waals surface area (Å²) in [5, 5.41) is 5.54. The number of nitrogens with one attached hydrogen (secondary N) is 1. The largest absolute Gasteiger partial charge is 0.339 e. The smallest absolute Gasteiger partial charge is 0.236 e. The zero-order valence-electron chi connectivity index (χ0n) is 11.9. The van der Waals surface area contributed by atoms with Crippen molar-refractivity contribution < 1.29 is 4.79 Å². The maximum Gasteiger partial charge on any atom is 0.236 e. The van der Waals surface area contributed by atoms with Gasteiger partial charge in [-0.2, -0.15) is 0 Å². The van der Waals surface area contributed by atoms with Crippen molar-refractivity contribution >= 4 is 17.2 Å². The lowest BCUT2D eigenvalue weighted by Crippen LogP contribution is -2.40. The molecule has 1 unspecified atom stereocenters. The average molecular weight is 280 g/mol. The van der Waals surface area contributed by atoms with Gasteiger partial charge in [0.25, 0.3) is 0 Å². The predicted octanol–water partition coefficient (Wildman–Crippen LogP) is 3.19. The quantitative estimate of drug-likeness (QED) is 0.793. The van der Waals surface area contributed by atoms with Crippen LogP contribution in [0.5, 0.6) is 0 Å². The van der Waals surface area contributed by atoms with Crippen LogP contribution in [0.25, 0.3) is 0 Å². The third-order valence-corrected chi connectivity index (χ3v) is 4.60. The van der Waals surface area contributed by atoms with Crippen molar-refractivity contribution in [2.24, 2.45) is 0 Å². The Hall–Kier alpha value is -0.870. The van der Waals surface area contributed by atoms with Gasteiger partial charge < -0.3 is 10.2 Å². The lowest BCUT2D eigenvalue weighted by Gasteiger charge is -2.23. The molecule has 1 aromatic heterocycles. The molecule has 2 rings (SSSR count). The highest BCUT2D eigenvalue weighted by atomic mass is 32.1. The topological polar surface area (TPSA) is 32.3 Å². The van der Waals surface area contributed by atoms with E-state index >= 15 is 0 Å². The van der Waals surface area contributed by atoms with Gasteiger partial charge >= 0.3 is 0 Å². The summed E-state index contributed by atoms with van der Waals surface area (Å²) in [5.74, 6) is 0.252. The number of rotatable bonds is 8. The van der Waals surface area contributed by atoms with E-state index in [1.807, 2.05) is 4.90 Å². The van der Waals surface area contributed by atoms with Gasteiger partial charge in [-0.25, -0.2) is 0 Å². The van der Waals surface area contributed by atoms with Crippen molar-refractivity contribution in [3.05, 3.63) is 22.4 Å². The molecule has 1 fully saturated rings. The van der Waals surface area contributed by atoms with E-state index < -0.39 is 0 Å². The fourth-order valence-electron chi connectivity index (χ4n) is 2.46. The van der Waals surface area contributed by atoms with Crippen molar-refractivity contribution in [3.63, 3.8) is 0 Å². The van der Waals surface area contributed by atoms with Crippen LogP contribution in [0, 0.1) is 0 Å². The molecule has 1 heterocycles. The van der Waals surface area contributed by atoms with E-state index in [-0.39, 0.29) is 5.91 Å². The summed E-state index contributed by atoms with van der Waals surface area (Å²) in [6.07, 6.45) is 4.58. The lowest BCUT2D eigenvalue weighted by molar-refractivity contribution is -0.130. The molecule has 0 radical (unpaired) electrons. The monoisotopic (exact) mass is 280 g/mol. The van der Waals surface area contributed by atoms with E-state index in [2.05, 4.69) is 36.7 Å². The molecule has 1 aliphatic rings. The molecular weight excluding hydrogens is 256 g/mol. The Morgan fingerprint density at radius 2 is 2.32 bits per heavy atom. The molecule has 0 spiro atoms. The molecule has 4 heteroatoms. The molecule has 0 aromatic carbocycles. The molecule has 1 saturated carbocycles. The van der Waals surface area contributed by atoms with Crippen LogP contribution in [0.2, 0.25) is 0 Å². The summed E-state index contributed by atoms with van der Waals surface area (Å²) >= 11 is 1.77. The second-order valence-corrected chi connectivity index (χ2v) is 6.13. The molecule has 0 bridgehead atoms. The molecule has 1 aliphatic carbocycles.